The number of anilines is 3. The normalized spacial score (nSPS) is 18.3. The summed E-state index contributed by atoms with van der Waals surface area (Å²) < 4.78 is 27.1. The lowest BCUT2D eigenvalue weighted by Gasteiger charge is -2.42. The summed E-state index contributed by atoms with van der Waals surface area (Å²) in [7, 11) is -3.58. The predicted molar refractivity (Wildman–Crippen MR) is 137 cm³/mol. The zero-order chi connectivity index (χ0) is 23.9. The van der Waals surface area contributed by atoms with Crippen LogP contribution < -0.4 is 4.90 Å². The number of fused-ring (bicyclic) bond motifs is 4. The lowest BCUT2D eigenvalue weighted by Crippen LogP contribution is -2.32. The fourth-order valence-electron chi connectivity index (χ4n) is 5.81. The van der Waals surface area contributed by atoms with Gasteiger partial charge in [-0.3, -0.25) is 0 Å². The number of benzene rings is 4. The number of hydrogen-bond acceptors (Lipinski definition) is 3. The van der Waals surface area contributed by atoms with E-state index in [-0.39, 0.29) is 5.41 Å². The van der Waals surface area contributed by atoms with Crippen LogP contribution in [0.5, 0.6) is 0 Å². The van der Waals surface area contributed by atoms with Crippen molar-refractivity contribution in [2.45, 2.75) is 48.3 Å². The van der Waals surface area contributed by atoms with Crippen LogP contribution in [0.4, 0.5) is 17.1 Å². The standard InChI is InChI=1S/C30H27NO2S/c1-29(2)21-11-5-8-14-25(21)31(26-15-9-6-12-22(26)29)20-17-18-28-24(19-20)30(3,4)23-13-7-10-16-27(23)34(28,32)33/h5-19H,1-4H3. The van der Waals surface area contributed by atoms with E-state index < -0.39 is 15.3 Å². The minimum absolute atomic E-state index is 0.139. The molecule has 4 aromatic rings. The second kappa shape index (κ2) is 6.83. The topological polar surface area (TPSA) is 37.4 Å². The maximum atomic E-state index is 13.5. The van der Waals surface area contributed by atoms with Crippen molar-refractivity contribution < 1.29 is 8.42 Å². The Hall–Kier alpha value is -3.37. The first-order valence-electron chi connectivity index (χ1n) is 11.6. The van der Waals surface area contributed by atoms with Crippen molar-refractivity contribution >= 4 is 26.9 Å². The number of para-hydroxylation sites is 2. The van der Waals surface area contributed by atoms with Gasteiger partial charge >= 0.3 is 0 Å². The summed E-state index contributed by atoms with van der Waals surface area (Å²) in [5.74, 6) is 0. The minimum atomic E-state index is -3.58. The van der Waals surface area contributed by atoms with Crippen molar-refractivity contribution in [2.75, 3.05) is 4.90 Å². The summed E-state index contributed by atoms with van der Waals surface area (Å²) >= 11 is 0. The van der Waals surface area contributed by atoms with Crippen molar-refractivity contribution in [2.24, 2.45) is 0 Å². The van der Waals surface area contributed by atoms with Crippen LogP contribution in [0.15, 0.2) is 101 Å². The maximum Gasteiger partial charge on any atom is 0.207 e. The Morgan fingerprint density at radius 2 is 1.03 bits per heavy atom. The molecule has 0 N–H and O–H groups in total. The molecule has 0 bridgehead atoms. The van der Waals surface area contributed by atoms with Crippen LogP contribution in [0.3, 0.4) is 0 Å². The molecule has 0 amide bonds. The van der Waals surface area contributed by atoms with Gasteiger partial charge in [-0.25, -0.2) is 8.42 Å². The molecule has 0 fully saturated rings. The van der Waals surface area contributed by atoms with Gasteiger partial charge in [0.1, 0.15) is 0 Å². The van der Waals surface area contributed by atoms with E-state index in [0.717, 1.165) is 28.2 Å². The SMILES string of the molecule is CC1(C)c2ccccc2N(c2ccc3c(c2)C(C)(C)c2ccccc2S3(=O)=O)c2ccccc21. The summed E-state index contributed by atoms with van der Waals surface area (Å²) in [6.07, 6.45) is 0. The average Bonchev–Trinajstić information content (AvgIpc) is 2.83. The predicted octanol–water partition coefficient (Wildman–Crippen LogP) is 7.27. The van der Waals surface area contributed by atoms with Gasteiger partial charge in [0, 0.05) is 16.5 Å². The highest BCUT2D eigenvalue weighted by Crippen LogP contribution is 2.53. The molecule has 2 aliphatic rings. The second-order valence-corrected chi connectivity index (χ2v) is 12.2. The van der Waals surface area contributed by atoms with Crippen molar-refractivity contribution in [1.82, 2.24) is 0 Å². The summed E-state index contributed by atoms with van der Waals surface area (Å²) in [6.45, 7) is 8.76. The van der Waals surface area contributed by atoms with E-state index in [4.69, 9.17) is 0 Å². The van der Waals surface area contributed by atoms with Crippen molar-refractivity contribution in [3.05, 3.63) is 113 Å². The third-order valence-corrected chi connectivity index (χ3v) is 9.54. The highest BCUT2D eigenvalue weighted by molar-refractivity contribution is 7.91. The first-order valence-corrected chi connectivity index (χ1v) is 13.1. The molecule has 0 radical (unpaired) electrons. The number of rotatable bonds is 1. The van der Waals surface area contributed by atoms with E-state index in [9.17, 15) is 8.42 Å². The van der Waals surface area contributed by atoms with Gasteiger partial charge in [-0.05, 0) is 58.7 Å². The molecule has 34 heavy (non-hydrogen) atoms. The van der Waals surface area contributed by atoms with Crippen LogP contribution in [-0.4, -0.2) is 8.42 Å². The molecule has 0 spiro atoms. The minimum Gasteiger partial charge on any atom is -0.310 e. The molecule has 0 saturated heterocycles. The third-order valence-electron chi connectivity index (χ3n) is 7.67. The molecule has 0 unspecified atom stereocenters. The lowest BCUT2D eigenvalue weighted by atomic mass is 9.73. The number of nitrogens with zero attached hydrogens (tertiary/aromatic N) is 1. The molecular weight excluding hydrogens is 438 g/mol. The lowest BCUT2D eigenvalue weighted by molar-refractivity contribution is 0.555. The van der Waals surface area contributed by atoms with Crippen LogP contribution in [-0.2, 0) is 20.7 Å². The Balaban J connectivity index is 1.63. The summed E-state index contributed by atoms with van der Waals surface area (Å²) in [6, 6.07) is 30.2. The number of hydrogen-bond donors (Lipinski definition) is 0. The molecule has 0 aliphatic carbocycles. The Labute approximate surface area is 201 Å². The van der Waals surface area contributed by atoms with Crippen LogP contribution >= 0.6 is 0 Å². The molecule has 4 heteroatoms. The molecule has 0 aromatic heterocycles. The van der Waals surface area contributed by atoms with Gasteiger partial charge in [0.15, 0.2) is 0 Å². The van der Waals surface area contributed by atoms with Crippen molar-refractivity contribution in [1.29, 1.82) is 0 Å². The van der Waals surface area contributed by atoms with Gasteiger partial charge in [-0.15, -0.1) is 0 Å². The molecular formula is C30H27NO2S. The van der Waals surface area contributed by atoms with E-state index in [1.165, 1.54) is 11.1 Å². The van der Waals surface area contributed by atoms with E-state index in [1.807, 2.05) is 18.2 Å². The Morgan fingerprint density at radius 3 is 1.65 bits per heavy atom. The largest absolute Gasteiger partial charge is 0.310 e. The summed E-state index contributed by atoms with van der Waals surface area (Å²) in [5.41, 5.74) is 6.83. The monoisotopic (exact) mass is 465 g/mol. The molecule has 0 saturated carbocycles. The zero-order valence-corrected chi connectivity index (χ0v) is 20.6. The van der Waals surface area contributed by atoms with Crippen LogP contribution in [0.1, 0.15) is 49.9 Å². The summed E-state index contributed by atoms with van der Waals surface area (Å²) in [4.78, 5) is 3.09. The molecule has 3 nitrogen and oxygen atoms in total. The number of sulfone groups is 1. The fraction of sp³-hybridized carbons (Fsp3) is 0.200. The van der Waals surface area contributed by atoms with E-state index in [2.05, 4.69) is 87.2 Å². The van der Waals surface area contributed by atoms with Gasteiger partial charge in [-0.1, -0.05) is 82.3 Å². The fourth-order valence-corrected chi connectivity index (χ4v) is 7.77. The first-order chi connectivity index (χ1) is 16.1. The van der Waals surface area contributed by atoms with Gasteiger partial charge in [-0.2, -0.15) is 0 Å². The van der Waals surface area contributed by atoms with Crippen molar-refractivity contribution in [3.63, 3.8) is 0 Å². The van der Waals surface area contributed by atoms with Crippen LogP contribution in [0.2, 0.25) is 0 Å². The van der Waals surface area contributed by atoms with Gasteiger partial charge in [0.2, 0.25) is 9.84 Å². The van der Waals surface area contributed by atoms with Crippen LogP contribution in [0.25, 0.3) is 0 Å². The molecule has 170 valence electrons. The Morgan fingerprint density at radius 1 is 0.559 bits per heavy atom. The Bertz CT molecular complexity index is 1530. The van der Waals surface area contributed by atoms with E-state index in [1.54, 1.807) is 18.2 Å². The highest BCUT2D eigenvalue weighted by atomic mass is 32.2. The van der Waals surface area contributed by atoms with Crippen LogP contribution in [0, 0.1) is 0 Å². The third kappa shape index (κ3) is 2.66. The Kier molecular flexibility index (Phi) is 4.26. The van der Waals surface area contributed by atoms with Gasteiger partial charge in [0.25, 0.3) is 0 Å². The molecule has 2 heterocycles. The molecule has 4 aromatic carbocycles. The summed E-state index contributed by atoms with van der Waals surface area (Å²) in [5, 5.41) is 0. The van der Waals surface area contributed by atoms with Gasteiger partial charge < -0.3 is 4.90 Å². The zero-order valence-electron chi connectivity index (χ0n) is 19.8. The van der Waals surface area contributed by atoms with Crippen molar-refractivity contribution in [3.8, 4) is 0 Å². The highest BCUT2D eigenvalue weighted by Gasteiger charge is 2.42. The second-order valence-electron chi connectivity index (χ2n) is 10.3. The molecule has 2 aliphatic heterocycles. The van der Waals surface area contributed by atoms with E-state index >= 15 is 0 Å². The average molecular weight is 466 g/mol. The van der Waals surface area contributed by atoms with E-state index in [0.29, 0.717) is 9.79 Å². The first kappa shape index (κ1) is 21.2. The molecule has 6 rings (SSSR count). The quantitative estimate of drug-likeness (QED) is 0.297. The van der Waals surface area contributed by atoms with Gasteiger partial charge in [0.05, 0.1) is 21.2 Å². The molecule has 0 atom stereocenters. The smallest absolute Gasteiger partial charge is 0.207 e. The maximum absolute atomic E-state index is 13.5.